The van der Waals surface area contributed by atoms with Gasteiger partial charge in [-0.15, -0.1) is 0 Å². The molecule has 0 aromatic rings. The van der Waals surface area contributed by atoms with E-state index >= 15 is 0 Å². The van der Waals surface area contributed by atoms with Crippen LogP contribution in [-0.2, 0) is 4.79 Å². The fraction of sp³-hybridized carbons (Fsp3) is 0.952. The largest absolute Gasteiger partial charge is 0.309 e. The van der Waals surface area contributed by atoms with Crippen LogP contribution < -0.4 is 0 Å². The average molecular weight is 339 g/mol. The van der Waals surface area contributed by atoms with Crippen LogP contribution in [0.3, 0.4) is 0 Å². The Morgan fingerprint density at radius 2 is 0.917 bits per heavy atom. The number of hydrogen-bond donors (Lipinski definition) is 0. The van der Waals surface area contributed by atoms with Gasteiger partial charge >= 0.3 is 0 Å². The molecule has 0 aliphatic heterocycles. The fourth-order valence-corrected chi connectivity index (χ4v) is 4.06. The highest BCUT2D eigenvalue weighted by Crippen LogP contribution is 2.23. The lowest BCUT2D eigenvalue weighted by atomic mass is 9.85. The molecule has 0 unspecified atom stereocenters. The molecule has 0 saturated heterocycles. The molecule has 0 N–H and O–H groups in total. The molecule has 0 heterocycles. The van der Waals surface area contributed by atoms with E-state index in [1.807, 2.05) is 0 Å². The zero-order chi connectivity index (χ0) is 17.8. The molecule has 0 spiro atoms. The van der Waals surface area contributed by atoms with E-state index in [9.17, 15) is 4.79 Å². The lowest BCUT2D eigenvalue weighted by Gasteiger charge is -2.27. The van der Waals surface area contributed by atoms with Crippen molar-refractivity contribution in [3.8, 4) is 0 Å². The summed E-state index contributed by atoms with van der Waals surface area (Å²) < 4.78 is 0. The monoisotopic (exact) mass is 338 g/mol. The van der Waals surface area contributed by atoms with Crippen LogP contribution in [-0.4, -0.2) is 56.9 Å². The maximum atomic E-state index is 13.2. The van der Waals surface area contributed by atoms with Crippen molar-refractivity contribution in [2.75, 3.05) is 41.3 Å². The van der Waals surface area contributed by atoms with Crippen LogP contribution in [0.5, 0.6) is 0 Å². The van der Waals surface area contributed by atoms with Crippen LogP contribution in [0.25, 0.3) is 0 Å². The Kier molecular flexibility index (Phi) is 11.6. The van der Waals surface area contributed by atoms with Gasteiger partial charge in [-0.25, -0.2) is 0 Å². The highest BCUT2D eigenvalue weighted by Gasteiger charge is 2.27. The van der Waals surface area contributed by atoms with E-state index in [1.165, 1.54) is 64.2 Å². The standard InChI is InChI=1S/C21H42N2O/c1-22(2)17-19-15-13-11-9-7-5-6-8-10-12-14-16-20(21(19)24)18-23(3)4/h19-20H,5-18H2,1-4H3/t19-,20-/m1/s1. The van der Waals surface area contributed by atoms with E-state index in [-0.39, 0.29) is 11.8 Å². The Morgan fingerprint density at radius 1 is 0.625 bits per heavy atom. The number of rotatable bonds is 4. The van der Waals surface area contributed by atoms with Gasteiger partial charge in [0.1, 0.15) is 5.78 Å². The summed E-state index contributed by atoms with van der Waals surface area (Å²) in [6.07, 6.45) is 15.5. The van der Waals surface area contributed by atoms with Crippen molar-refractivity contribution in [1.82, 2.24) is 9.80 Å². The first kappa shape index (κ1) is 21.6. The van der Waals surface area contributed by atoms with Gasteiger partial charge in [0.2, 0.25) is 0 Å². The predicted octanol–water partition coefficient (Wildman–Crippen LogP) is 4.61. The number of ketones is 1. The second kappa shape index (κ2) is 12.9. The zero-order valence-electron chi connectivity index (χ0n) is 16.9. The number of carbonyl (C=O) groups is 1. The second-order valence-electron chi connectivity index (χ2n) is 8.43. The summed E-state index contributed by atoms with van der Waals surface area (Å²) in [6.45, 7) is 1.84. The van der Waals surface area contributed by atoms with Crippen molar-refractivity contribution in [2.45, 2.75) is 77.0 Å². The molecule has 0 radical (unpaired) electrons. The molecule has 1 aliphatic carbocycles. The molecule has 0 amide bonds. The first-order chi connectivity index (χ1) is 11.5. The molecule has 142 valence electrons. The Hall–Kier alpha value is -0.410. The number of carbonyl (C=O) groups excluding carboxylic acids is 1. The van der Waals surface area contributed by atoms with Crippen molar-refractivity contribution < 1.29 is 4.79 Å². The molecule has 2 atom stereocenters. The summed E-state index contributed by atoms with van der Waals surface area (Å²) in [5.74, 6) is 0.998. The van der Waals surface area contributed by atoms with Crippen LogP contribution in [0.4, 0.5) is 0 Å². The molecule has 0 aromatic carbocycles. The van der Waals surface area contributed by atoms with Gasteiger partial charge in [0.15, 0.2) is 0 Å². The first-order valence-electron chi connectivity index (χ1n) is 10.3. The summed E-state index contributed by atoms with van der Waals surface area (Å²) >= 11 is 0. The Labute approximate surface area is 151 Å². The third-order valence-electron chi connectivity index (χ3n) is 5.33. The van der Waals surface area contributed by atoms with Crippen LogP contribution in [0.2, 0.25) is 0 Å². The maximum absolute atomic E-state index is 13.2. The van der Waals surface area contributed by atoms with Gasteiger partial charge in [-0.05, 0) is 41.0 Å². The Morgan fingerprint density at radius 3 is 1.21 bits per heavy atom. The molecular formula is C21H42N2O. The summed E-state index contributed by atoms with van der Waals surface area (Å²) in [5.41, 5.74) is 0. The van der Waals surface area contributed by atoms with Gasteiger partial charge < -0.3 is 9.80 Å². The maximum Gasteiger partial charge on any atom is 0.141 e. The topological polar surface area (TPSA) is 23.6 Å². The third-order valence-corrected chi connectivity index (χ3v) is 5.33. The lowest BCUT2D eigenvalue weighted by Crippen LogP contribution is -2.36. The molecule has 1 fully saturated rings. The first-order valence-corrected chi connectivity index (χ1v) is 10.3. The van der Waals surface area contributed by atoms with E-state index in [0.29, 0.717) is 5.78 Å². The molecule has 24 heavy (non-hydrogen) atoms. The molecular weight excluding hydrogens is 296 g/mol. The van der Waals surface area contributed by atoms with Gasteiger partial charge in [0.25, 0.3) is 0 Å². The van der Waals surface area contributed by atoms with Crippen LogP contribution in [0.15, 0.2) is 0 Å². The molecule has 1 aliphatic rings. The SMILES string of the molecule is CN(C)C[C@H]1CCCCCCCCCCCC[C@H](CN(C)C)C1=O. The molecule has 1 saturated carbocycles. The number of nitrogens with zero attached hydrogens (tertiary/aromatic N) is 2. The quantitative estimate of drug-likeness (QED) is 0.748. The van der Waals surface area contributed by atoms with Gasteiger partial charge in [-0.1, -0.05) is 64.2 Å². The smallest absolute Gasteiger partial charge is 0.141 e. The van der Waals surface area contributed by atoms with E-state index in [0.717, 1.165) is 25.9 Å². The van der Waals surface area contributed by atoms with Crippen molar-refractivity contribution in [2.24, 2.45) is 11.8 Å². The summed E-state index contributed by atoms with van der Waals surface area (Å²) in [7, 11) is 8.40. The van der Waals surface area contributed by atoms with Crippen LogP contribution >= 0.6 is 0 Å². The summed E-state index contributed by atoms with van der Waals surface area (Å²) in [5, 5.41) is 0. The van der Waals surface area contributed by atoms with Gasteiger partial charge in [-0.3, -0.25) is 4.79 Å². The predicted molar refractivity (Wildman–Crippen MR) is 104 cm³/mol. The van der Waals surface area contributed by atoms with Crippen LogP contribution in [0.1, 0.15) is 77.0 Å². The molecule has 1 rings (SSSR count). The van der Waals surface area contributed by atoms with Crippen molar-refractivity contribution in [3.63, 3.8) is 0 Å². The average Bonchev–Trinajstić information content (AvgIpc) is 2.52. The van der Waals surface area contributed by atoms with Crippen molar-refractivity contribution in [1.29, 1.82) is 0 Å². The summed E-state index contributed by atoms with van der Waals surface area (Å²) in [4.78, 5) is 17.6. The summed E-state index contributed by atoms with van der Waals surface area (Å²) in [6, 6.07) is 0. The Balaban J connectivity index is 2.71. The Bertz CT molecular complexity index is 298. The molecule has 3 nitrogen and oxygen atoms in total. The van der Waals surface area contributed by atoms with Gasteiger partial charge in [0, 0.05) is 24.9 Å². The number of Topliss-reactive ketones (excluding diaryl/α,β-unsaturated/α-hetero) is 1. The molecule has 0 aromatic heterocycles. The minimum absolute atomic E-state index is 0.232. The van der Waals surface area contributed by atoms with Crippen LogP contribution in [0, 0.1) is 11.8 Å². The molecule has 0 bridgehead atoms. The van der Waals surface area contributed by atoms with E-state index in [2.05, 4.69) is 38.0 Å². The van der Waals surface area contributed by atoms with Gasteiger partial charge in [-0.2, -0.15) is 0 Å². The lowest BCUT2D eigenvalue weighted by molar-refractivity contribution is -0.128. The van der Waals surface area contributed by atoms with Crippen molar-refractivity contribution >= 4 is 5.78 Å². The van der Waals surface area contributed by atoms with E-state index < -0.39 is 0 Å². The van der Waals surface area contributed by atoms with Crippen molar-refractivity contribution in [3.05, 3.63) is 0 Å². The highest BCUT2D eigenvalue weighted by atomic mass is 16.1. The third kappa shape index (κ3) is 9.78. The van der Waals surface area contributed by atoms with Gasteiger partial charge in [0.05, 0.1) is 0 Å². The fourth-order valence-electron chi connectivity index (χ4n) is 4.06. The number of hydrogen-bond acceptors (Lipinski definition) is 3. The highest BCUT2D eigenvalue weighted by molar-refractivity contribution is 5.83. The minimum Gasteiger partial charge on any atom is -0.309 e. The zero-order valence-corrected chi connectivity index (χ0v) is 16.9. The normalized spacial score (nSPS) is 26.3. The van der Waals surface area contributed by atoms with E-state index in [4.69, 9.17) is 0 Å². The second-order valence-corrected chi connectivity index (χ2v) is 8.43. The molecule has 3 heteroatoms. The van der Waals surface area contributed by atoms with E-state index in [1.54, 1.807) is 0 Å². The minimum atomic E-state index is 0.232.